The van der Waals surface area contributed by atoms with E-state index in [0.29, 0.717) is 12.2 Å². The van der Waals surface area contributed by atoms with Gasteiger partial charge in [0, 0.05) is 0 Å². The summed E-state index contributed by atoms with van der Waals surface area (Å²) >= 11 is 0. The van der Waals surface area contributed by atoms with E-state index in [9.17, 15) is 9.90 Å². The van der Waals surface area contributed by atoms with Crippen molar-refractivity contribution in [2.24, 2.45) is 5.73 Å². The molecule has 1 rings (SSSR count). The zero-order chi connectivity index (χ0) is 19.7. The van der Waals surface area contributed by atoms with Crippen LogP contribution in [0.1, 0.15) is 95.6 Å². The van der Waals surface area contributed by atoms with Crippen LogP contribution in [0.5, 0.6) is 0 Å². The van der Waals surface area contributed by atoms with Crippen molar-refractivity contribution in [2.45, 2.75) is 96.1 Å². The van der Waals surface area contributed by atoms with Gasteiger partial charge < -0.3 is 15.6 Å². The minimum Gasteiger partial charge on any atom is -0.464 e. The normalized spacial score (nSPS) is 13.3. The molecule has 0 amide bonds. The molecule has 0 saturated carbocycles. The van der Waals surface area contributed by atoms with Gasteiger partial charge in [-0.2, -0.15) is 0 Å². The first kappa shape index (κ1) is 23.6. The molecule has 0 aliphatic rings. The highest BCUT2D eigenvalue weighted by Crippen LogP contribution is 2.16. The standard InChI is InChI=1S/C23H39NO3/c1-2-3-4-5-6-7-8-9-10-11-12-16-19-27-23(26)21(24)22(25)20-17-14-13-15-18-20/h13-15,17-18,21-22,25H,2-12,16,19,24H2,1H3/t21-,22+/m0/s1. The molecule has 0 heterocycles. The van der Waals surface area contributed by atoms with Crippen LogP contribution >= 0.6 is 0 Å². The van der Waals surface area contributed by atoms with Crippen LogP contribution in [0, 0.1) is 0 Å². The molecule has 0 aliphatic carbocycles. The molecule has 0 bridgehead atoms. The minimum atomic E-state index is -1.04. The van der Waals surface area contributed by atoms with Gasteiger partial charge in [0.05, 0.1) is 6.61 Å². The summed E-state index contributed by atoms with van der Waals surface area (Å²) in [4.78, 5) is 12.0. The van der Waals surface area contributed by atoms with Gasteiger partial charge in [-0.1, -0.05) is 108 Å². The average molecular weight is 378 g/mol. The van der Waals surface area contributed by atoms with Gasteiger partial charge in [0.15, 0.2) is 0 Å². The fourth-order valence-corrected chi connectivity index (χ4v) is 3.20. The van der Waals surface area contributed by atoms with E-state index in [1.165, 1.54) is 64.2 Å². The number of aliphatic hydroxyl groups is 1. The van der Waals surface area contributed by atoms with Gasteiger partial charge in [0.1, 0.15) is 12.1 Å². The first-order valence-corrected chi connectivity index (χ1v) is 10.8. The van der Waals surface area contributed by atoms with Crippen LogP contribution in [0.3, 0.4) is 0 Å². The number of carbonyl (C=O) groups excluding carboxylic acids is 1. The predicted octanol–water partition coefficient (Wildman–Crippen LogP) is 5.29. The summed E-state index contributed by atoms with van der Waals surface area (Å²) in [5.41, 5.74) is 6.45. The van der Waals surface area contributed by atoms with Crippen molar-refractivity contribution >= 4 is 5.97 Å². The number of carbonyl (C=O) groups is 1. The molecule has 1 aromatic carbocycles. The maximum absolute atomic E-state index is 12.0. The summed E-state index contributed by atoms with van der Waals surface area (Å²) in [6.45, 7) is 2.63. The Labute approximate surface area is 165 Å². The molecule has 3 N–H and O–H groups in total. The third kappa shape index (κ3) is 11.1. The number of hydrogen-bond acceptors (Lipinski definition) is 4. The second-order valence-corrected chi connectivity index (χ2v) is 7.44. The van der Waals surface area contributed by atoms with Gasteiger partial charge in [0.2, 0.25) is 0 Å². The van der Waals surface area contributed by atoms with E-state index in [-0.39, 0.29) is 0 Å². The molecule has 0 spiro atoms. The van der Waals surface area contributed by atoms with Crippen molar-refractivity contribution in [1.82, 2.24) is 0 Å². The molecule has 2 atom stereocenters. The predicted molar refractivity (Wildman–Crippen MR) is 111 cm³/mol. The number of aliphatic hydroxyl groups excluding tert-OH is 1. The topological polar surface area (TPSA) is 72.5 Å². The van der Waals surface area contributed by atoms with Crippen LogP contribution in [0.2, 0.25) is 0 Å². The van der Waals surface area contributed by atoms with E-state index < -0.39 is 18.1 Å². The Bertz CT molecular complexity index is 478. The molecule has 0 radical (unpaired) electrons. The molecule has 4 nitrogen and oxygen atoms in total. The molecule has 4 heteroatoms. The van der Waals surface area contributed by atoms with E-state index in [1.807, 2.05) is 18.2 Å². The molecule has 0 fully saturated rings. The maximum Gasteiger partial charge on any atom is 0.325 e. The Morgan fingerprint density at radius 3 is 1.89 bits per heavy atom. The highest BCUT2D eigenvalue weighted by Gasteiger charge is 2.25. The van der Waals surface area contributed by atoms with Crippen molar-refractivity contribution in [3.05, 3.63) is 35.9 Å². The molecule has 27 heavy (non-hydrogen) atoms. The van der Waals surface area contributed by atoms with Gasteiger partial charge >= 0.3 is 5.97 Å². The van der Waals surface area contributed by atoms with Gasteiger partial charge in [-0.15, -0.1) is 0 Å². The summed E-state index contributed by atoms with van der Waals surface area (Å²) in [5.74, 6) is -0.533. The van der Waals surface area contributed by atoms with Crippen LogP contribution in [0.25, 0.3) is 0 Å². The van der Waals surface area contributed by atoms with Crippen molar-refractivity contribution in [3.63, 3.8) is 0 Å². The Morgan fingerprint density at radius 2 is 1.37 bits per heavy atom. The van der Waals surface area contributed by atoms with Crippen LogP contribution in [0.15, 0.2) is 30.3 Å². The first-order valence-electron chi connectivity index (χ1n) is 10.8. The van der Waals surface area contributed by atoms with Crippen molar-refractivity contribution in [1.29, 1.82) is 0 Å². The highest BCUT2D eigenvalue weighted by molar-refractivity contribution is 5.76. The molecule has 0 saturated heterocycles. The fourth-order valence-electron chi connectivity index (χ4n) is 3.20. The van der Waals surface area contributed by atoms with Crippen LogP contribution in [-0.4, -0.2) is 23.7 Å². The maximum atomic E-state index is 12.0. The lowest BCUT2D eigenvalue weighted by Crippen LogP contribution is -2.38. The Morgan fingerprint density at radius 1 is 0.889 bits per heavy atom. The molecular weight excluding hydrogens is 338 g/mol. The second kappa shape index (κ2) is 15.6. The number of unbranched alkanes of at least 4 members (excludes halogenated alkanes) is 11. The second-order valence-electron chi connectivity index (χ2n) is 7.44. The first-order chi connectivity index (χ1) is 13.2. The Balaban J connectivity index is 1.96. The summed E-state index contributed by atoms with van der Waals surface area (Å²) in [5, 5.41) is 10.1. The van der Waals surface area contributed by atoms with E-state index in [1.54, 1.807) is 12.1 Å². The summed E-state index contributed by atoms with van der Waals surface area (Å²) in [6, 6.07) is 7.94. The summed E-state index contributed by atoms with van der Waals surface area (Å²) < 4.78 is 5.21. The van der Waals surface area contributed by atoms with Crippen LogP contribution in [0.4, 0.5) is 0 Å². The van der Waals surface area contributed by atoms with Gasteiger partial charge in [-0.25, -0.2) is 0 Å². The molecule has 0 aromatic heterocycles. The lowest BCUT2D eigenvalue weighted by molar-refractivity contribution is -0.148. The van der Waals surface area contributed by atoms with Crippen molar-refractivity contribution in [3.8, 4) is 0 Å². The third-order valence-corrected chi connectivity index (χ3v) is 5.00. The number of rotatable bonds is 16. The van der Waals surface area contributed by atoms with E-state index in [2.05, 4.69) is 6.92 Å². The van der Waals surface area contributed by atoms with Gasteiger partial charge in [-0.3, -0.25) is 4.79 Å². The quantitative estimate of drug-likeness (QED) is 0.303. The molecule has 0 aliphatic heterocycles. The van der Waals surface area contributed by atoms with Gasteiger partial charge in [-0.05, 0) is 12.0 Å². The van der Waals surface area contributed by atoms with Crippen LogP contribution in [-0.2, 0) is 9.53 Å². The Kier molecular flexibility index (Phi) is 13.7. The smallest absolute Gasteiger partial charge is 0.325 e. The zero-order valence-electron chi connectivity index (χ0n) is 17.1. The zero-order valence-corrected chi connectivity index (χ0v) is 17.1. The third-order valence-electron chi connectivity index (χ3n) is 5.00. The monoisotopic (exact) mass is 377 g/mol. The van der Waals surface area contributed by atoms with Gasteiger partial charge in [0.25, 0.3) is 0 Å². The lowest BCUT2D eigenvalue weighted by Gasteiger charge is -2.18. The minimum absolute atomic E-state index is 0.380. The number of esters is 1. The summed E-state index contributed by atoms with van der Waals surface area (Å²) in [6.07, 6.45) is 14.2. The van der Waals surface area contributed by atoms with Crippen molar-refractivity contribution in [2.75, 3.05) is 6.61 Å². The number of nitrogens with two attached hydrogens (primary N) is 1. The highest BCUT2D eigenvalue weighted by atomic mass is 16.5. The number of ether oxygens (including phenoxy) is 1. The average Bonchev–Trinajstić information content (AvgIpc) is 2.70. The van der Waals surface area contributed by atoms with Crippen molar-refractivity contribution < 1.29 is 14.6 Å². The molecular formula is C23H39NO3. The lowest BCUT2D eigenvalue weighted by atomic mass is 10.0. The molecule has 0 unspecified atom stereocenters. The van der Waals surface area contributed by atoms with E-state index in [4.69, 9.17) is 10.5 Å². The molecule has 1 aromatic rings. The molecule has 154 valence electrons. The van der Waals surface area contributed by atoms with E-state index >= 15 is 0 Å². The Hall–Kier alpha value is -1.39. The fraction of sp³-hybridized carbons (Fsp3) is 0.696. The summed E-state index contributed by atoms with van der Waals surface area (Å²) in [7, 11) is 0. The number of hydrogen-bond donors (Lipinski definition) is 2. The number of benzene rings is 1. The van der Waals surface area contributed by atoms with Crippen LogP contribution < -0.4 is 5.73 Å². The SMILES string of the molecule is CCCCCCCCCCCCCCOC(=O)[C@@H](N)[C@H](O)c1ccccc1. The largest absolute Gasteiger partial charge is 0.464 e. The van der Waals surface area contributed by atoms with E-state index in [0.717, 1.165) is 12.8 Å².